The molecule has 0 saturated heterocycles. The van der Waals surface area contributed by atoms with Gasteiger partial charge in [-0.05, 0) is 38.0 Å². The Hall–Kier alpha value is -2.10. The number of ether oxygens (including phenoxy) is 1. The lowest BCUT2D eigenvalue weighted by atomic mass is 10.1. The predicted octanol–water partition coefficient (Wildman–Crippen LogP) is 3.34. The molecule has 0 aliphatic heterocycles. The molecule has 0 unspecified atom stereocenters. The van der Waals surface area contributed by atoms with Gasteiger partial charge in [0.25, 0.3) is 0 Å². The van der Waals surface area contributed by atoms with Crippen molar-refractivity contribution in [3.05, 3.63) is 46.8 Å². The molecular weight excluding hydrogens is 264 g/mol. The fourth-order valence-corrected chi connectivity index (χ4v) is 2.52. The maximum Gasteiger partial charge on any atom is 0.166 e. The summed E-state index contributed by atoms with van der Waals surface area (Å²) < 4.78 is 7.09. The predicted molar refractivity (Wildman–Crippen MR) is 83.0 cm³/mol. The molecule has 0 fully saturated rings. The van der Waals surface area contributed by atoms with Crippen molar-refractivity contribution < 1.29 is 9.53 Å². The number of benzene rings is 1. The highest BCUT2D eigenvalue weighted by Crippen LogP contribution is 2.17. The lowest BCUT2D eigenvalue weighted by Crippen LogP contribution is -2.07. The van der Waals surface area contributed by atoms with E-state index in [0.717, 1.165) is 35.7 Å². The van der Waals surface area contributed by atoms with Crippen molar-refractivity contribution in [2.45, 2.75) is 40.2 Å². The first-order valence-electron chi connectivity index (χ1n) is 7.27. The van der Waals surface area contributed by atoms with Gasteiger partial charge in [0.05, 0.1) is 18.4 Å². The van der Waals surface area contributed by atoms with Gasteiger partial charge in [-0.3, -0.25) is 9.48 Å². The molecule has 1 aromatic carbocycles. The number of methoxy groups -OCH3 is 1. The molecule has 2 rings (SSSR count). The van der Waals surface area contributed by atoms with E-state index in [-0.39, 0.29) is 5.78 Å². The molecular formula is C17H22N2O2. The Bertz CT molecular complexity index is 627. The number of hydrogen-bond acceptors (Lipinski definition) is 3. The average Bonchev–Trinajstić information content (AvgIpc) is 2.79. The second-order valence-corrected chi connectivity index (χ2v) is 5.14. The molecule has 0 aliphatic carbocycles. The second-order valence-electron chi connectivity index (χ2n) is 5.14. The minimum absolute atomic E-state index is 0.167. The van der Waals surface area contributed by atoms with Gasteiger partial charge in [-0.15, -0.1) is 0 Å². The molecule has 112 valence electrons. The molecule has 0 amide bonds. The van der Waals surface area contributed by atoms with Gasteiger partial charge in [-0.2, -0.15) is 5.10 Å². The molecule has 0 N–H and O–H groups in total. The van der Waals surface area contributed by atoms with Gasteiger partial charge < -0.3 is 4.74 Å². The summed E-state index contributed by atoms with van der Waals surface area (Å²) in [5.74, 6) is 1.03. The summed E-state index contributed by atoms with van der Waals surface area (Å²) in [6.45, 7) is 6.53. The highest BCUT2D eigenvalue weighted by molar-refractivity contribution is 5.97. The van der Waals surface area contributed by atoms with Gasteiger partial charge in [0.2, 0.25) is 0 Å². The SMILES string of the molecule is CCC(=O)c1c(C)nn(CCc2ccc(OC)cc2)c1C. The highest BCUT2D eigenvalue weighted by atomic mass is 16.5. The Balaban J connectivity index is 2.11. The molecule has 4 heteroatoms. The van der Waals surface area contributed by atoms with E-state index in [1.54, 1.807) is 7.11 Å². The number of hydrogen-bond donors (Lipinski definition) is 0. The van der Waals surface area contributed by atoms with Gasteiger partial charge in [0.15, 0.2) is 5.78 Å². The summed E-state index contributed by atoms with van der Waals surface area (Å²) in [4.78, 5) is 11.9. The van der Waals surface area contributed by atoms with Gasteiger partial charge >= 0.3 is 0 Å². The van der Waals surface area contributed by atoms with Crippen molar-refractivity contribution in [2.75, 3.05) is 7.11 Å². The van der Waals surface area contributed by atoms with Crippen LogP contribution in [0.5, 0.6) is 5.75 Å². The number of carbonyl (C=O) groups is 1. The minimum atomic E-state index is 0.167. The van der Waals surface area contributed by atoms with Crippen LogP contribution in [0.1, 0.15) is 40.7 Å². The smallest absolute Gasteiger partial charge is 0.166 e. The van der Waals surface area contributed by atoms with Gasteiger partial charge in [0.1, 0.15) is 5.75 Å². The van der Waals surface area contributed by atoms with Crippen LogP contribution in [0, 0.1) is 13.8 Å². The molecule has 4 nitrogen and oxygen atoms in total. The lowest BCUT2D eigenvalue weighted by molar-refractivity contribution is 0.0987. The highest BCUT2D eigenvalue weighted by Gasteiger charge is 2.16. The number of nitrogens with zero attached hydrogens (tertiary/aromatic N) is 2. The summed E-state index contributed by atoms with van der Waals surface area (Å²) >= 11 is 0. The van der Waals surface area contributed by atoms with Crippen molar-refractivity contribution in [1.29, 1.82) is 0 Å². The Morgan fingerprint density at radius 3 is 2.48 bits per heavy atom. The van der Waals surface area contributed by atoms with Crippen LogP contribution in [-0.2, 0) is 13.0 Å². The zero-order valence-electron chi connectivity index (χ0n) is 13.1. The topological polar surface area (TPSA) is 44.1 Å². The first-order chi connectivity index (χ1) is 10.1. The van der Waals surface area contributed by atoms with Crippen molar-refractivity contribution in [3.63, 3.8) is 0 Å². The number of aryl methyl sites for hydroxylation is 3. The third kappa shape index (κ3) is 3.32. The minimum Gasteiger partial charge on any atom is -0.497 e. The molecule has 21 heavy (non-hydrogen) atoms. The number of aromatic nitrogens is 2. The molecule has 0 saturated carbocycles. The first-order valence-corrected chi connectivity index (χ1v) is 7.27. The van der Waals surface area contributed by atoms with Crippen LogP contribution in [0.15, 0.2) is 24.3 Å². The van der Waals surface area contributed by atoms with Crippen molar-refractivity contribution in [1.82, 2.24) is 9.78 Å². The number of ketones is 1. The summed E-state index contributed by atoms with van der Waals surface area (Å²) in [7, 11) is 1.66. The van der Waals surface area contributed by atoms with Crippen LogP contribution in [-0.4, -0.2) is 22.7 Å². The molecule has 0 atom stereocenters. The van der Waals surface area contributed by atoms with E-state index < -0.39 is 0 Å². The zero-order chi connectivity index (χ0) is 15.4. The van der Waals surface area contributed by atoms with Gasteiger partial charge in [-0.25, -0.2) is 0 Å². The monoisotopic (exact) mass is 286 g/mol. The van der Waals surface area contributed by atoms with Crippen LogP contribution >= 0.6 is 0 Å². The molecule has 2 aromatic rings. The summed E-state index contributed by atoms with van der Waals surface area (Å²) in [6.07, 6.45) is 1.40. The van der Waals surface area contributed by atoms with Crippen LogP contribution < -0.4 is 4.74 Å². The quantitative estimate of drug-likeness (QED) is 0.765. The Kier molecular flexibility index (Phi) is 4.78. The van der Waals surface area contributed by atoms with Crippen molar-refractivity contribution in [3.8, 4) is 5.75 Å². The van der Waals surface area contributed by atoms with Crippen LogP contribution in [0.2, 0.25) is 0 Å². The average molecular weight is 286 g/mol. The van der Waals surface area contributed by atoms with E-state index in [1.807, 2.05) is 37.6 Å². The third-order valence-electron chi connectivity index (χ3n) is 3.75. The van der Waals surface area contributed by atoms with Crippen LogP contribution in [0.25, 0.3) is 0 Å². The molecule has 0 spiro atoms. The van der Waals surface area contributed by atoms with E-state index in [1.165, 1.54) is 5.56 Å². The summed E-state index contributed by atoms with van der Waals surface area (Å²) in [6, 6.07) is 8.04. The van der Waals surface area contributed by atoms with E-state index in [0.29, 0.717) is 6.42 Å². The van der Waals surface area contributed by atoms with Gasteiger partial charge in [0, 0.05) is 18.7 Å². The van der Waals surface area contributed by atoms with E-state index in [4.69, 9.17) is 4.74 Å². The normalized spacial score (nSPS) is 10.7. The Labute approximate surface area is 125 Å². The van der Waals surface area contributed by atoms with E-state index >= 15 is 0 Å². The van der Waals surface area contributed by atoms with Crippen molar-refractivity contribution in [2.24, 2.45) is 0 Å². The molecule has 0 bridgehead atoms. The van der Waals surface area contributed by atoms with Crippen molar-refractivity contribution >= 4 is 5.78 Å². The number of rotatable bonds is 6. The van der Waals surface area contributed by atoms with Crippen LogP contribution in [0.3, 0.4) is 0 Å². The van der Waals surface area contributed by atoms with Crippen LogP contribution in [0.4, 0.5) is 0 Å². The molecule has 1 aromatic heterocycles. The largest absolute Gasteiger partial charge is 0.497 e. The lowest BCUT2D eigenvalue weighted by Gasteiger charge is -2.06. The van der Waals surface area contributed by atoms with Gasteiger partial charge in [-0.1, -0.05) is 19.1 Å². The number of Topliss-reactive ketones (excluding diaryl/α,β-unsaturated/α-hetero) is 1. The molecule has 0 aliphatic rings. The summed E-state index contributed by atoms with van der Waals surface area (Å²) in [5.41, 5.74) is 3.81. The Morgan fingerprint density at radius 2 is 1.90 bits per heavy atom. The zero-order valence-corrected chi connectivity index (χ0v) is 13.1. The number of carbonyl (C=O) groups excluding carboxylic acids is 1. The molecule has 1 heterocycles. The second kappa shape index (κ2) is 6.57. The van der Waals surface area contributed by atoms with E-state index in [9.17, 15) is 4.79 Å². The maximum absolute atomic E-state index is 11.9. The summed E-state index contributed by atoms with van der Waals surface area (Å²) in [5, 5.41) is 4.50. The fraction of sp³-hybridized carbons (Fsp3) is 0.412. The maximum atomic E-state index is 11.9. The molecule has 0 radical (unpaired) electrons. The first kappa shape index (κ1) is 15.3. The Morgan fingerprint density at radius 1 is 1.24 bits per heavy atom. The third-order valence-corrected chi connectivity index (χ3v) is 3.75. The van der Waals surface area contributed by atoms with E-state index in [2.05, 4.69) is 17.2 Å². The fourth-order valence-electron chi connectivity index (χ4n) is 2.52. The standard InChI is InChI=1S/C17H22N2O2/c1-5-16(20)17-12(2)18-19(13(17)3)11-10-14-6-8-15(21-4)9-7-14/h6-9H,5,10-11H2,1-4H3.